The highest BCUT2D eigenvalue weighted by Gasteiger charge is 2.05. The summed E-state index contributed by atoms with van der Waals surface area (Å²) >= 11 is 0. The maximum Gasteiger partial charge on any atom is 0.218 e. The maximum atomic E-state index is 5.65. The van der Waals surface area contributed by atoms with E-state index in [1.165, 1.54) is 0 Å². The van der Waals surface area contributed by atoms with Gasteiger partial charge >= 0.3 is 0 Å². The van der Waals surface area contributed by atoms with Crippen molar-refractivity contribution < 1.29 is 9.47 Å². The van der Waals surface area contributed by atoms with E-state index in [0.29, 0.717) is 31.5 Å². The van der Waals surface area contributed by atoms with Crippen molar-refractivity contribution in [3.05, 3.63) is 11.9 Å². The highest BCUT2D eigenvalue weighted by Crippen LogP contribution is 2.14. The summed E-state index contributed by atoms with van der Waals surface area (Å²) in [5, 5.41) is 3.00. The molecule has 0 aromatic carbocycles. The van der Waals surface area contributed by atoms with Crippen LogP contribution in [-0.2, 0) is 11.3 Å². The number of nitrogens with zero attached hydrogens (tertiary/aromatic N) is 3. The summed E-state index contributed by atoms with van der Waals surface area (Å²) in [5.74, 6) is 1.97. The lowest BCUT2D eigenvalue weighted by Gasteiger charge is -2.11. The van der Waals surface area contributed by atoms with Gasteiger partial charge in [0.25, 0.3) is 0 Å². The zero-order chi connectivity index (χ0) is 14.1. The van der Waals surface area contributed by atoms with Crippen molar-refractivity contribution in [3.63, 3.8) is 0 Å². The van der Waals surface area contributed by atoms with E-state index in [0.717, 1.165) is 18.8 Å². The van der Waals surface area contributed by atoms with Crippen molar-refractivity contribution in [3.8, 4) is 5.88 Å². The van der Waals surface area contributed by atoms with E-state index in [2.05, 4.69) is 20.2 Å². The summed E-state index contributed by atoms with van der Waals surface area (Å²) in [4.78, 5) is 10.8. The lowest BCUT2D eigenvalue weighted by atomic mass is 10.4. The fraction of sp³-hybridized carbons (Fsp3) is 0.692. The molecule has 1 aromatic rings. The number of anilines is 1. The Labute approximate surface area is 115 Å². The van der Waals surface area contributed by atoms with Crippen LogP contribution in [-0.4, -0.2) is 55.8 Å². The van der Waals surface area contributed by atoms with Crippen LogP contribution in [0.25, 0.3) is 0 Å². The monoisotopic (exact) mass is 268 g/mol. The molecule has 108 valence electrons. The topological polar surface area (TPSA) is 59.5 Å². The molecule has 1 heterocycles. The average molecular weight is 268 g/mol. The fourth-order valence-electron chi connectivity index (χ4n) is 1.49. The third-order valence-electron chi connectivity index (χ3n) is 2.44. The van der Waals surface area contributed by atoms with Crippen molar-refractivity contribution >= 4 is 5.82 Å². The van der Waals surface area contributed by atoms with Crippen molar-refractivity contribution in [1.29, 1.82) is 0 Å². The summed E-state index contributed by atoms with van der Waals surface area (Å²) in [5.41, 5.74) is 0. The molecule has 0 aliphatic carbocycles. The van der Waals surface area contributed by atoms with E-state index in [4.69, 9.17) is 9.47 Å². The highest BCUT2D eigenvalue weighted by atomic mass is 16.5. The SMILES string of the molecule is CCOCc1nc(NC)cc(OCCCN(C)C)n1. The molecule has 0 radical (unpaired) electrons. The average Bonchev–Trinajstić information content (AvgIpc) is 2.41. The van der Waals surface area contributed by atoms with E-state index >= 15 is 0 Å². The van der Waals surface area contributed by atoms with Gasteiger partial charge < -0.3 is 19.7 Å². The van der Waals surface area contributed by atoms with E-state index in [-0.39, 0.29) is 0 Å². The maximum absolute atomic E-state index is 5.65. The molecule has 0 spiro atoms. The summed E-state index contributed by atoms with van der Waals surface area (Å²) in [7, 11) is 5.91. The van der Waals surface area contributed by atoms with Crippen LogP contribution in [0.2, 0.25) is 0 Å². The van der Waals surface area contributed by atoms with Gasteiger partial charge in [-0.15, -0.1) is 0 Å². The zero-order valence-electron chi connectivity index (χ0n) is 12.3. The van der Waals surface area contributed by atoms with Gasteiger partial charge in [-0.2, -0.15) is 4.98 Å². The molecule has 0 saturated carbocycles. The van der Waals surface area contributed by atoms with Crippen LogP contribution >= 0.6 is 0 Å². The molecule has 0 bridgehead atoms. The Hall–Kier alpha value is -1.40. The molecule has 0 aliphatic heterocycles. The number of ether oxygens (including phenoxy) is 2. The molecule has 1 N–H and O–H groups in total. The molecule has 0 saturated heterocycles. The van der Waals surface area contributed by atoms with Crippen LogP contribution in [0.1, 0.15) is 19.2 Å². The van der Waals surface area contributed by atoms with Gasteiger partial charge in [0.1, 0.15) is 12.4 Å². The smallest absolute Gasteiger partial charge is 0.218 e. The van der Waals surface area contributed by atoms with Gasteiger partial charge in [0.05, 0.1) is 6.61 Å². The third-order valence-corrected chi connectivity index (χ3v) is 2.44. The summed E-state index contributed by atoms with van der Waals surface area (Å²) in [6.07, 6.45) is 0.965. The third kappa shape index (κ3) is 6.35. The molecule has 0 fully saturated rings. The summed E-state index contributed by atoms with van der Waals surface area (Å²) in [6.45, 7) is 4.63. The van der Waals surface area contributed by atoms with Gasteiger partial charge in [0.2, 0.25) is 5.88 Å². The highest BCUT2D eigenvalue weighted by molar-refractivity contribution is 5.37. The van der Waals surface area contributed by atoms with Crippen molar-refractivity contribution in [1.82, 2.24) is 14.9 Å². The molecule has 19 heavy (non-hydrogen) atoms. The molecule has 0 aliphatic rings. The lowest BCUT2D eigenvalue weighted by molar-refractivity contribution is 0.127. The van der Waals surface area contributed by atoms with E-state index < -0.39 is 0 Å². The van der Waals surface area contributed by atoms with Gasteiger partial charge in [-0.3, -0.25) is 0 Å². The van der Waals surface area contributed by atoms with Crippen LogP contribution in [0.5, 0.6) is 5.88 Å². The number of nitrogens with one attached hydrogen (secondary N) is 1. The predicted octanol–water partition coefficient (Wildman–Crippen LogP) is 1.39. The molecule has 0 unspecified atom stereocenters. The first-order chi connectivity index (χ1) is 9.15. The van der Waals surface area contributed by atoms with Gasteiger partial charge in [-0.25, -0.2) is 4.98 Å². The second kappa shape index (κ2) is 8.66. The summed E-state index contributed by atoms with van der Waals surface area (Å²) in [6, 6.07) is 1.80. The van der Waals surface area contributed by atoms with Crippen LogP contribution < -0.4 is 10.1 Å². The zero-order valence-corrected chi connectivity index (χ0v) is 12.3. The van der Waals surface area contributed by atoms with Crippen LogP contribution in [0.15, 0.2) is 6.07 Å². The number of rotatable bonds is 9. The van der Waals surface area contributed by atoms with Crippen LogP contribution in [0, 0.1) is 0 Å². The summed E-state index contributed by atoms with van der Waals surface area (Å²) < 4.78 is 11.0. The largest absolute Gasteiger partial charge is 0.477 e. The van der Waals surface area contributed by atoms with Crippen LogP contribution in [0.3, 0.4) is 0 Å². The van der Waals surface area contributed by atoms with Crippen molar-refractivity contribution in [2.24, 2.45) is 0 Å². The minimum Gasteiger partial charge on any atom is -0.477 e. The molecule has 6 nitrogen and oxygen atoms in total. The molecule has 1 rings (SSSR count). The Kier molecular flexibility index (Phi) is 7.14. The lowest BCUT2D eigenvalue weighted by Crippen LogP contribution is -2.16. The van der Waals surface area contributed by atoms with E-state index in [1.807, 2.05) is 28.1 Å². The minimum absolute atomic E-state index is 0.403. The quantitative estimate of drug-likeness (QED) is 0.683. The Balaban J connectivity index is 2.55. The predicted molar refractivity (Wildman–Crippen MR) is 75.6 cm³/mol. The molecule has 0 atom stereocenters. The Morgan fingerprint density at radius 2 is 2.11 bits per heavy atom. The first-order valence-electron chi connectivity index (χ1n) is 6.56. The Morgan fingerprint density at radius 1 is 1.32 bits per heavy atom. The molecule has 6 heteroatoms. The van der Waals surface area contributed by atoms with Crippen molar-refractivity contribution in [2.45, 2.75) is 20.0 Å². The fourth-order valence-corrected chi connectivity index (χ4v) is 1.49. The van der Waals surface area contributed by atoms with Gasteiger partial charge in [-0.05, 0) is 27.4 Å². The second-order valence-corrected chi connectivity index (χ2v) is 4.40. The second-order valence-electron chi connectivity index (χ2n) is 4.40. The number of hydrogen-bond acceptors (Lipinski definition) is 6. The van der Waals surface area contributed by atoms with E-state index in [1.54, 1.807) is 6.07 Å². The Bertz CT molecular complexity index is 372. The normalized spacial score (nSPS) is 10.8. The van der Waals surface area contributed by atoms with Gasteiger partial charge in [0, 0.05) is 26.3 Å². The van der Waals surface area contributed by atoms with Gasteiger partial charge in [0.15, 0.2) is 5.82 Å². The molecule has 1 aromatic heterocycles. The van der Waals surface area contributed by atoms with Crippen LogP contribution in [0.4, 0.5) is 5.82 Å². The molecule has 0 amide bonds. The van der Waals surface area contributed by atoms with Crippen molar-refractivity contribution in [2.75, 3.05) is 46.2 Å². The van der Waals surface area contributed by atoms with E-state index in [9.17, 15) is 0 Å². The first-order valence-corrected chi connectivity index (χ1v) is 6.56. The Morgan fingerprint density at radius 3 is 2.74 bits per heavy atom. The number of hydrogen-bond donors (Lipinski definition) is 1. The minimum atomic E-state index is 0.403. The molecular weight excluding hydrogens is 244 g/mol. The number of aromatic nitrogens is 2. The van der Waals surface area contributed by atoms with Gasteiger partial charge in [-0.1, -0.05) is 0 Å². The molecular formula is C13H24N4O2. The first kappa shape index (κ1) is 15.7. The standard InChI is InChI=1S/C13H24N4O2/c1-5-18-10-12-15-11(14-2)9-13(16-12)19-8-6-7-17(3)4/h9H,5-8,10H2,1-4H3,(H,14,15,16).